The molecule has 5 heteroatoms. The molecule has 0 radical (unpaired) electrons. The van der Waals surface area contributed by atoms with E-state index in [1.807, 2.05) is 0 Å². The molecule has 84 valence electrons. The van der Waals surface area contributed by atoms with Gasteiger partial charge in [-0.1, -0.05) is 0 Å². The first-order valence-corrected chi connectivity index (χ1v) is 4.01. The van der Waals surface area contributed by atoms with Crippen LogP contribution in [0.1, 0.15) is 27.7 Å². The minimum absolute atomic E-state index is 0. The normalized spacial score (nSPS) is 10.7. The second-order valence-corrected chi connectivity index (χ2v) is 2.79. The minimum atomic E-state index is -0.125. The molecule has 0 aromatic heterocycles. The molecule has 0 aliphatic rings. The third-order valence-corrected chi connectivity index (χ3v) is 0.824. The van der Waals surface area contributed by atoms with Gasteiger partial charge >= 0.3 is 0 Å². The van der Waals surface area contributed by atoms with E-state index < -0.39 is 0 Å². The summed E-state index contributed by atoms with van der Waals surface area (Å²) in [5.41, 5.74) is 0. The van der Waals surface area contributed by atoms with E-state index in [0.29, 0.717) is 0 Å². The van der Waals surface area contributed by atoms with Crippen LogP contribution in [0.4, 0.5) is 0 Å². The zero-order chi connectivity index (χ0) is 11.7. The van der Waals surface area contributed by atoms with Crippen LogP contribution < -0.4 is 0 Å². The van der Waals surface area contributed by atoms with Gasteiger partial charge in [-0.2, -0.15) is 0 Å². The molecule has 0 aromatic carbocycles. The van der Waals surface area contributed by atoms with Gasteiger partial charge in [-0.05, 0) is 27.7 Å². The molecule has 0 aliphatic carbocycles. The van der Waals surface area contributed by atoms with E-state index in [1.165, 1.54) is 39.8 Å². The van der Waals surface area contributed by atoms with Gasteiger partial charge in [0.1, 0.15) is 0 Å². The van der Waals surface area contributed by atoms with Crippen LogP contribution in [-0.4, -0.2) is 21.8 Å². The number of rotatable bonds is 2. The topological polar surface area (TPSA) is 74.6 Å². The number of allylic oxidation sites excluding steroid dienone is 4. The standard InChI is InChI=1S/2C5H8O2.Ti/c2*1-4(6)3-5(2)7;/h2*3,6H,1-2H3;/b2*4-3-;. The van der Waals surface area contributed by atoms with Crippen molar-refractivity contribution in [2.75, 3.05) is 0 Å². The molecule has 0 aliphatic heterocycles. The van der Waals surface area contributed by atoms with Crippen molar-refractivity contribution >= 4 is 11.6 Å². The molecular weight excluding hydrogens is 232 g/mol. The van der Waals surface area contributed by atoms with E-state index in [4.69, 9.17) is 10.2 Å². The van der Waals surface area contributed by atoms with E-state index in [2.05, 4.69) is 0 Å². The van der Waals surface area contributed by atoms with E-state index in [0.717, 1.165) is 0 Å². The Morgan fingerprint density at radius 2 is 1.00 bits per heavy atom. The van der Waals surface area contributed by atoms with Crippen LogP contribution in [0, 0.1) is 0 Å². The van der Waals surface area contributed by atoms with Gasteiger partial charge in [-0.3, -0.25) is 9.59 Å². The molecule has 15 heavy (non-hydrogen) atoms. The van der Waals surface area contributed by atoms with Crippen molar-refractivity contribution in [2.45, 2.75) is 27.7 Å². The Bertz CT molecular complexity index is 231. The smallest absolute Gasteiger partial charge is 0.155 e. The van der Waals surface area contributed by atoms with Crippen LogP contribution >= 0.6 is 0 Å². The SMILES string of the molecule is CC(=O)/C=C(/C)O.CC(=O)/C=C(/C)O.[Ti]. The molecule has 0 saturated carbocycles. The van der Waals surface area contributed by atoms with Crippen molar-refractivity contribution in [1.29, 1.82) is 0 Å². The second-order valence-electron chi connectivity index (χ2n) is 2.79. The maximum atomic E-state index is 10.0. The van der Waals surface area contributed by atoms with Crippen LogP contribution in [0.2, 0.25) is 0 Å². The van der Waals surface area contributed by atoms with Crippen molar-refractivity contribution < 1.29 is 41.5 Å². The summed E-state index contributed by atoms with van der Waals surface area (Å²) in [7, 11) is 0. The van der Waals surface area contributed by atoms with Crippen LogP contribution in [0.25, 0.3) is 0 Å². The summed E-state index contributed by atoms with van der Waals surface area (Å²) in [6.45, 7) is 5.70. The van der Waals surface area contributed by atoms with Crippen molar-refractivity contribution in [3.8, 4) is 0 Å². The number of hydrogen-bond acceptors (Lipinski definition) is 4. The third-order valence-electron chi connectivity index (χ3n) is 0.824. The first kappa shape index (κ1) is 19.7. The molecule has 0 bridgehead atoms. The molecule has 0 rings (SSSR count). The molecule has 4 nitrogen and oxygen atoms in total. The quantitative estimate of drug-likeness (QED) is 0.445. The summed E-state index contributed by atoms with van der Waals surface area (Å²) in [6.07, 6.45) is 2.33. The minimum Gasteiger partial charge on any atom is -0.512 e. The number of ketones is 2. The van der Waals surface area contributed by atoms with Crippen molar-refractivity contribution in [3.05, 3.63) is 23.7 Å². The van der Waals surface area contributed by atoms with Gasteiger partial charge in [-0.25, -0.2) is 0 Å². The average Bonchev–Trinajstić information content (AvgIpc) is 1.79. The molecular formula is C10H16O4Ti. The summed E-state index contributed by atoms with van der Waals surface area (Å²) >= 11 is 0. The van der Waals surface area contributed by atoms with Gasteiger partial charge in [-0.15, -0.1) is 0 Å². The van der Waals surface area contributed by atoms with E-state index >= 15 is 0 Å². The van der Waals surface area contributed by atoms with Crippen molar-refractivity contribution in [3.63, 3.8) is 0 Å². The fraction of sp³-hybridized carbons (Fsp3) is 0.400. The fourth-order valence-corrected chi connectivity index (χ4v) is 0.588. The van der Waals surface area contributed by atoms with Crippen LogP contribution in [0.15, 0.2) is 23.7 Å². The van der Waals surface area contributed by atoms with Gasteiger partial charge in [0.05, 0.1) is 11.5 Å². The number of carbonyl (C=O) groups is 2. The average molecular weight is 248 g/mol. The molecule has 0 heterocycles. The maximum absolute atomic E-state index is 10.0. The molecule has 0 saturated heterocycles. The van der Waals surface area contributed by atoms with E-state index in [9.17, 15) is 9.59 Å². The predicted molar refractivity (Wildman–Crippen MR) is 54.1 cm³/mol. The van der Waals surface area contributed by atoms with Gasteiger partial charge in [0.15, 0.2) is 11.6 Å². The number of carbonyl (C=O) groups excluding carboxylic acids is 2. The zero-order valence-corrected chi connectivity index (χ0v) is 10.9. The van der Waals surface area contributed by atoms with Gasteiger partial charge in [0.25, 0.3) is 0 Å². The number of aliphatic hydroxyl groups is 2. The molecule has 0 spiro atoms. The summed E-state index contributed by atoms with van der Waals surface area (Å²) in [5.74, 6) is -0.125. The molecule has 0 atom stereocenters. The van der Waals surface area contributed by atoms with Gasteiger partial charge in [0, 0.05) is 33.9 Å². The Labute approximate surface area is 105 Å². The number of aliphatic hydroxyl groups excluding tert-OH is 2. The van der Waals surface area contributed by atoms with Gasteiger partial charge in [0.2, 0.25) is 0 Å². The summed E-state index contributed by atoms with van der Waals surface area (Å²) in [4.78, 5) is 20.0. The Morgan fingerprint density at radius 3 is 1.00 bits per heavy atom. The van der Waals surface area contributed by atoms with E-state index in [-0.39, 0.29) is 44.8 Å². The van der Waals surface area contributed by atoms with Crippen LogP contribution in [0.3, 0.4) is 0 Å². The van der Waals surface area contributed by atoms with Crippen molar-refractivity contribution in [2.24, 2.45) is 0 Å². The first-order valence-electron chi connectivity index (χ1n) is 4.01. The Morgan fingerprint density at radius 1 is 0.800 bits per heavy atom. The largest absolute Gasteiger partial charge is 0.512 e. The molecule has 0 amide bonds. The molecule has 0 unspecified atom stereocenters. The monoisotopic (exact) mass is 248 g/mol. The Balaban J connectivity index is -0.000000180. The molecule has 2 N–H and O–H groups in total. The zero-order valence-electron chi connectivity index (χ0n) is 9.37. The third kappa shape index (κ3) is 32.0. The van der Waals surface area contributed by atoms with Crippen LogP contribution in [0.5, 0.6) is 0 Å². The summed E-state index contributed by atoms with van der Waals surface area (Å²) < 4.78 is 0. The van der Waals surface area contributed by atoms with E-state index in [1.54, 1.807) is 0 Å². The molecule has 0 fully saturated rings. The second kappa shape index (κ2) is 11.2. The Hall–Kier alpha value is -0.866. The fourth-order valence-electron chi connectivity index (χ4n) is 0.588. The van der Waals surface area contributed by atoms with Gasteiger partial charge < -0.3 is 10.2 Å². The van der Waals surface area contributed by atoms with Crippen LogP contribution in [-0.2, 0) is 31.3 Å². The molecule has 0 aromatic rings. The summed E-state index contributed by atoms with van der Waals surface area (Å²) in [5, 5.41) is 16.7. The van der Waals surface area contributed by atoms with Crippen molar-refractivity contribution in [1.82, 2.24) is 0 Å². The summed E-state index contributed by atoms with van der Waals surface area (Å²) in [6, 6.07) is 0. The maximum Gasteiger partial charge on any atom is 0.155 e. The Kier molecular flexibility index (Phi) is 14.7. The first-order chi connectivity index (χ1) is 6.25. The number of hydrogen-bond donors (Lipinski definition) is 2. The predicted octanol–water partition coefficient (Wildman–Crippen LogP) is 2.07.